The molecule has 1 amide bonds. The van der Waals surface area contributed by atoms with E-state index in [1.54, 1.807) is 0 Å². The van der Waals surface area contributed by atoms with E-state index in [0.717, 1.165) is 57.6 Å². The second-order valence-electron chi connectivity index (χ2n) is 7.46. The van der Waals surface area contributed by atoms with Crippen LogP contribution >= 0.6 is 0 Å². The fourth-order valence-corrected chi connectivity index (χ4v) is 3.63. The van der Waals surface area contributed by atoms with E-state index in [1.807, 2.05) is 18.0 Å². The molecule has 0 aliphatic carbocycles. The van der Waals surface area contributed by atoms with Crippen molar-refractivity contribution in [3.8, 4) is 0 Å². The van der Waals surface area contributed by atoms with Gasteiger partial charge < -0.3 is 9.80 Å². The van der Waals surface area contributed by atoms with Gasteiger partial charge in [0.2, 0.25) is 0 Å². The molecule has 0 unspecified atom stereocenters. The molecule has 1 aromatic carbocycles. The maximum Gasteiger partial charge on any atom is 0.272 e. The summed E-state index contributed by atoms with van der Waals surface area (Å²) in [5.74, 6) is 1.50. The highest BCUT2D eigenvalue weighted by Crippen LogP contribution is 2.23. The van der Waals surface area contributed by atoms with Crippen LogP contribution in [0, 0.1) is 5.92 Å². The van der Waals surface area contributed by atoms with Gasteiger partial charge in [0.05, 0.1) is 0 Å². The molecular weight excluding hydrogens is 336 g/mol. The largest absolute Gasteiger partial charge is 0.360 e. The molecule has 1 saturated heterocycles. The Balaban J connectivity index is 1.56. The van der Waals surface area contributed by atoms with Crippen LogP contribution in [0.25, 0.3) is 0 Å². The second-order valence-corrected chi connectivity index (χ2v) is 7.46. The van der Waals surface area contributed by atoms with Crippen LogP contribution in [0.2, 0.25) is 0 Å². The Morgan fingerprint density at radius 3 is 2.63 bits per heavy atom. The van der Waals surface area contributed by atoms with E-state index >= 15 is 0 Å². The Hall–Kier alpha value is -2.43. The van der Waals surface area contributed by atoms with Crippen LogP contribution in [-0.2, 0) is 6.42 Å². The van der Waals surface area contributed by atoms with Crippen molar-refractivity contribution in [2.24, 2.45) is 5.92 Å². The Morgan fingerprint density at radius 2 is 1.93 bits per heavy atom. The number of benzene rings is 1. The number of aromatic nitrogens is 2. The number of unbranched alkanes of at least 4 members (excludes halogenated alkanes) is 1. The summed E-state index contributed by atoms with van der Waals surface area (Å²) >= 11 is 0. The van der Waals surface area contributed by atoms with Crippen molar-refractivity contribution < 1.29 is 4.79 Å². The first kappa shape index (κ1) is 19.3. The summed E-state index contributed by atoms with van der Waals surface area (Å²) in [6.07, 6.45) is 6.96. The molecule has 1 fully saturated rings. The van der Waals surface area contributed by atoms with Gasteiger partial charge in [-0.3, -0.25) is 4.79 Å². The molecule has 0 N–H and O–H groups in total. The first-order valence-corrected chi connectivity index (χ1v) is 10.0. The van der Waals surface area contributed by atoms with Gasteiger partial charge >= 0.3 is 0 Å². The minimum Gasteiger partial charge on any atom is -0.360 e. The van der Waals surface area contributed by atoms with Crippen LogP contribution < -0.4 is 4.90 Å². The average molecular weight is 367 g/mol. The lowest BCUT2D eigenvalue weighted by Crippen LogP contribution is -2.39. The van der Waals surface area contributed by atoms with Gasteiger partial charge in [-0.15, -0.1) is 0 Å². The number of hydrogen-bond acceptors (Lipinski definition) is 4. The minimum atomic E-state index is 0.0284. The quantitative estimate of drug-likeness (QED) is 0.748. The normalized spacial score (nSPS) is 15.0. The smallest absolute Gasteiger partial charge is 0.272 e. The number of nitrogens with zero attached hydrogens (tertiary/aromatic N) is 4. The number of likely N-dealkylation sites (tertiary alicyclic amines) is 1. The summed E-state index contributed by atoms with van der Waals surface area (Å²) in [6.45, 7) is 4.72. The van der Waals surface area contributed by atoms with E-state index in [2.05, 4.69) is 52.1 Å². The first-order valence-electron chi connectivity index (χ1n) is 10.0. The van der Waals surface area contributed by atoms with Crippen molar-refractivity contribution >= 4 is 11.7 Å². The predicted molar refractivity (Wildman–Crippen MR) is 109 cm³/mol. The van der Waals surface area contributed by atoms with E-state index in [1.165, 1.54) is 11.9 Å². The van der Waals surface area contributed by atoms with Crippen molar-refractivity contribution in [1.29, 1.82) is 0 Å². The fourth-order valence-electron chi connectivity index (χ4n) is 3.63. The molecule has 3 rings (SSSR count). The summed E-state index contributed by atoms with van der Waals surface area (Å²) in [7, 11) is 2.02. The van der Waals surface area contributed by atoms with Gasteiger partial charge in [0.25, 0.3) is 5.91 Å². The number of rotatable bonds is 7. The van der Waals surface area contributed by atoms with Crippen LogP contribution in [0.15, 0.2) is 42.7 Å². The van der Waals surface area contributed by atoms with Crippen LogP contribution in [0.5, 0.6) is 0 Å². The lowest BCUT2D eigenvalue weighted by atomic mass is 9.90. The summed E-state index contributed by atoms with van der Waals surface area (Å²) in [6, 6.07) is 12.5. The maximum absolute atomic E-state index is 12.9. The molecule has 2 aromatic rings. The van der Waals surface area contributed by atoms with Crippen molar-refractivity contribution in [2.45, 2.75) is 39.0 Å². The molecule has 0 saturated carbocycles. The lowest BCUT2D eigenvalue weighted by Gasteiger charge is -2.32. The molecule has 0 bridgehead atoms. The van der Waals surface area contributed by atoms with Crippen LogP contribution in [0.4, 0.5) is 5.82 Å². The number of carbonyl (C=O) groups is 1. The van der Waals surface area contributed by atoms with Gasteiger partial charge in [-0.05, 0) is 37.2 Å². The topological polar surface area (TPSA) is 49.3 Å². The van der Waals surface area contributed by atoms with Gasteiger partial charge in [0.1, 0.15) is 17.8 Å². The van der Waals surface area contributed by atoms with Gasteiger partial charge in [-0.1, -0.05) is 43.7 Å². The number of hydrogen-bond donors (Lipinski definition) is 0. The van der Waals surface area contributed by atoms with E-state index < -0.39 is 0 Å². The minimum absolute atomic E-state index is 0.0284. The highest BCUT2D eigenvalue weighted by molar-refractivity contribution is 5.93. The van der Waals surface area contributed by atoms with E-state index in [-0.39, 0.29) is 5.91 Å². The predicted octanol–water partition coefficient (Wildman–Crippen LogP) is 3.81. The third kappa shape index (κ3) is 5.28. The van der Waals surface area contributed by atoms with Crippen molar-refractivity contribution in [1.82, 2.24) is 14.9 Å². The van der Waals surface area contributed by atoms with E-state index in [4.69, 9.17) is 0 Å². The third-order valence-electron chi connectivity index (χ3n) is 5.38. The molecule has 1 aromatic heterocycles. The number of carbonyl (C=O) groups excluding carboxylic acids is 1. The van der Waals surface area contributed by atoms with Crippen LogP contribution in [-0.4, -0.2) is 47.5 Å². The van der Waals surface area contributed by atoms with Gasteiger partial charge in [-0.2, -0.15) is 0 Å². The van der Waals surface area contributed by atoms with Crippen molar-refractivity contribution in [2.75, 3.05) is 31.6 Å². The lowest BCUT2D eigenvalue weighted by molar-refractivity contribution is 0.0684. The molecule has 2 heterocycles. The monoisotopic (exact) mass is 366 g/mol. The van der Waals surface area contributed by atoms with Crippen molar-refractivity contribution in [3.05, 3.63) is 54.0 Å². The van der Waals surface area contributed by atoms with Gasteiger partial charge in [-0.25, -0.2) is 9.97 Å². The van der Waals surface area contributed by atoms with Crippen LogP contribution in [0.3, 0.4) is 0 Å². The molecule has 1 aliphatic rings. The van der Waals surface area contributed by atoms with E-state index in [0.29, 0.717) is 11.6 Å². The Morgan fingerprint density at radius 1 is 1.19 bits per heavy atom. The zero-order valence-electron chi connectivity index (χ0n) is 16.5. The molecule has 0 radical (unpaired) electrons. The van der Waals surface area contributed by atoms with Crippen molar-refractivity contribution in [3.63, 3.8) is 0 Å². The molecule has 1 aliphatic heterocycles. The molecule has 5 heteroatoms. The van der Waals surface area contributed by atoms with Gasteiger partial charge in [0.15, 0.2) is 0 Å². The second kappa shape index (κ2) is 9.49. The highest BCUT2D eigenvalue weighted by atomic mass is 16.2. The highest BCUT2D eigenvalue weighted by Gasteiger charge is 2.25. The molecule has 5 nitrogen and oxygen atoms in total. The Bertz CT molecular complexity index is 726. The van der Waals surface area contributed by atoms with Gasteiger partial charge in [0, 0.05) is 32.7 Å². The summed E-state index contributed by atoms with van der Waals surface area (Å²) < 4.78 is 0. The molecule has 27 heavy (non-hydrogen) atoms. The maximum atomic E-state index is 12.9. The molecular formula is C22H30N4O. The SMILES string of the molecule is CCCCN(C)c1cc(C(=O)N2CCC(Cc3ccccc3)CC2)ncn1. The van der Waals surface area contributed by atoms with E-state index in [9.17, 15) is 4.79 Å². The standard InChI is InChI=1S/C22H30N4O/c1-3-4-12-25(2)21-16-20(23-17-24-21)22(27)26-13-10-19(11-14-26)15-18-8-6-5-7-9-18/h5-9,16-17,19H,3-4,10-15H2,1-2H3. The Kier molecular flexibility index (Phi) is 6.80. The summed E-state index contributed by atoms with van der Waals surface area (Å²) in [5, 5.41) is 0. The third-order valence-corrected chi connectivity index (χ3v) is 5.38. The number of piperidine rings is 1. The Labute approximate surface area is 162 Å². The number of amides is 1. The zero-order valence-corrected chi connectivity index (χ0v) is 16.5. The number of anilines is 1. The zero-order chi connectivity index (χ0) is 19.1. The first-order chi connectivity index (χ1) is 13.2. The molecule has 0 spiro atoms. The molecule has 0 atom stereocenters. The summed E-state index contributed by atoms with van der Waals surface area (Å²) in [5.41, 5.74) is 1.89. The van der Waals surface area contributed by atoms with Crippen LogP contribution in [0.1, 0.15) is 48.7 Å². The fraction of sp³-hybridized carbons (Fsp3) is 0.500. The average Bonchev–Trinajstić information content (AvgIpc) is 2.73. The molecule has 144 valence electrons. The summed E-state index contributed by atoms with van der Waals surface area (Å²) in [4.78, 5) is 25.5.